The molecule has 0 aliphatic heterocycles. The van der Waals surface area contributed by atoms with Gasteiger partial charge in [0.25, 0.3) is 0 Å². The Morgan fingerprint density at radius 2 is 2.08 bits per heavy atom. The van der Waals surface area contributed by atoms with Crippen LogP contribution in [0.1, 0.15) is 18.5 Å². The van der Waals surface area contributed by atoms with Crippen LogP contribution < -0.4 is 4.90 Å². The molecule has 24 heavy (non-hydrogen) atoms. The van der Waals surface area contributed by atoms with E-state index in [4.69, 9.17) is 0 Å². The van der Waals surface area contributed by atoms with Crippen molar-refractivity contribution in [1.82, 2.24) is 14.6 Å². The van der Waals surface area contributed by atoms with Gasteiger partial charge in [-0.1, -0.05) is 0 Å². The van der Waals surface area contributed by atoms with Crippen LogP contribution in [0.5, 0.6) is 0 Å². The number of nitro groups is 1. The van der Waals surface area contributed by atoms with Crippen molar-refractivity contribution in [2.75, 3.05) is 11.9 Å². The average Bonchev–Trinajstić information content (AvgIpc) is 2.99. The lowest BCUT2D eigenvalue weighted by Gasteiger charge is -2.26. The summed E-state index contributed by atoms with van der Waals surface area (Å²) in [6, 6.07) is 4.30. The summed E-state index contributed by atoms with van der Waals surface area (Å²) in [6.07, 6.45) is 2.64. The number of halogens is 2. The fraction of sp³-hybridized carbons (Fsp3) is 0.200. The van der Waals surface area contributed by atoms with Gasteiger partial charge in [0.15, 0.2) is 0 Å². The molecular weight excluding hydrogens is 320 g/mol. The van der Waals surface area contributed by atoms with Gasteiger partial charge in [-0.3, -0.25) is 10.1 Å². The summed E-state index contributed by atoms with van der Waals surface area (Å²) in [6.45, 7) is 1.69. The third kappa shape index (κ3) is 2.64. The van der Waals surface area contributed by atoms with E-state index in [1.165, 1.54) is 10.7 Å². The maximum absolute atomic E-state index is 14.0. The number of hydrogen-bond donors (Lipinski definition) is 0. The third-order valence-corrected chi connectivity index (χ3v) is 3.88. The Morgan fingerprint density at radius 1 is 1.33 bits per heavy atom. The van der Waals surface area contributed by atoms with Crippen LogP contribution in [-0.4, -0.2) is 26.6 Å². The number of anilines is 1. The highest BCUT2D eigenvalue weighted by molar-refractivity contribution is 5.61. The fourth-order valence-electron chi connectivity index (χ4n) is 2.41. The number of aromatic nitrogens is 3. The molecule has 0 bridgehead atoms. The maximum Gasteiger partial charge on any atom is 0.333 e. The quantitative estimate of drug-likeness (QED) is 0.541. The van der Waals surface area contributed by atoms with Crippen LogP contribution in [0.2, 0.25) is 0 Å². The van der Waals surface area contributed by atoms with Gasteiger partial charge >= 0.3 is 5.69 Å². The van der Waals surface area contributed by atoms with E-state index in [9.17, 15) is 18.9 Å². The van der Waals surface area contributed by atoms with Crippen molar-refractivity contribution in [3.05, 3.63) is 64.0 Å². The molecule has 2 aromatic heterocycles. The van der Waals surface area contributed by atoms with Crippen molar-refractivity contribution >= 4 is 17.2 Å². The molecule has 0 saturated heterocycles. The first kappa shape index (κ1) is 15.8. The first-order valence-electron chi connectivity index (χ1n) is 7.05. The molecule has 9 heteroatoms. The molecule has 0 saturated carbocycles. The highest BCUT2D eigenvalue weighted by Gasteiger charge is 2.21. The Kier molecular flexibility index (Phi) is 3.84. The number of fused-ring (bicyclic) bond motifs is 1. The average molecular weight is 333 g/mol. The smallest absolute Gasteiger partial charge is 0.333 e. The van der Waals surface area contributed by atoms with Crippen molar-refractivity contribution in [3.63, 3.8) is 0 Å². The number of hydrogen-bond acceptors (Lipinski definition) is 5. The highest BCUT2D eigenvalue weighted by Crippen LogP contribution is 2.28. The largest absolute Gasteiger partial charge is 0.353 e. The van der Waals surface area contributed by atoms with Gasteiger partial charge in [0, 0.05) is 18.8 Å². The van der Waals surface area contributed by atoms with Crippen molar-refractivity contribution < 1.29 is 13.7 Å². The van der Waals surface area contributed by atoms with E-state index in [2.05, 4.69) is 10.1 Å². The van der Waals surface area contributed by atoms with Crippen molar-refractivity contribution in [2.24, 2.45) is 0 Å². The van der Waals surface area contributed by atoms with Crippen LogP contribution in [-0.2, 0) is 0 Å². The molecule has 7 nitrogen and oxygen atoms in total. The van der Waals surface area contributed by atoms with Gasteiger partial charge < -0.3 is 4.90 Å². The summed E-state index contributed by atoms with van der Waals surface area (Å²) in [5, 5.41) is 14.9. The van der Waals surface area contributed by atoms with Crippen LogP contribution in [0.25, 0.3) is 5.65 Å². The molecule has 3 aromatic rings. The van der Waals surface area contributed by atoms with Gasteiger partial charge in [-0.2, -0.15) is 5.10 Å². The first-order chi connectivity index (χ1) is 11.4. The summed E-state index contributed by atoms with van der Waals surface area (Å²) in [5.74, 6) is -0.698. The molecule has 0 N–H and O–H groups in total. The molecule has 3 rings (SSSR count). The zero-order valence-corrected chi connectivity index (χ0v) is 12.8. The minimum atomic E-state index is -0.575. The van der Waals surface area contributed by atoms with E-state index in [0.29, 0.717) is 5.82 Å². The lowest BCUT2D eigenvalue weighted by atomic mass is 10.1. The Balaban J connectivity index is 2.01. The molecule has 0 amide bonds. The molecule has 124 valence electrons. The monoisotopic (exact) mass is 333 g/mol. The van der Waals surface area contributed by atoms with E-state index in [1.54, 1.807) is 24.9 Å². The zero-order chi connectivity index (χ0) is 17.4. The molecule has 2 heterocycles. The first-order valence-corrected chi connectivity index (χ1v) is 7.05. The summed E-state index contributed by atoms with van der Waals surface area (Å²) >= 11 is 0. The lowest BCUT2D eigenvalue weighted by molar-refractivity contribution is -0.383. The SMILES string of the molecule is C[C@H](c1cc(F)ccc1F)N(C)c1ccn2ncc([N+](=O)[O-])c2n1. The second-order valence-corrected chi connectivity index (χ2v) is 5.29. The number of rotatable bonds is 4. The van der Waals surface area contributed by atoms with E-state index < -0.39 is 22.6 Å². The minimum absolute atomic E-state index is 0.0799. The molecule has 0 radical (unpaired) electrons. The number of benzene rings is 1. The van der Waals surface area contributed by atoms with Crippen LogP contribution in [0.4, 0.5) is 20.3 Å². The summed E-state index contributed by atoms with van der Waals surface area (Å²) in [4.78, 5) is 16.3. The van der Waals surface area contributed by atoms with Gasteiger partial charge in [-0.05, 0) is 31.2 Å². The Morgan fingerprint density at radius 3 is 2.79 bits per heavy atom. The van der Waals surface area contributed by atoms with Crippen molar-refractivity contribution in [2.45, 2.75) is 13.0 Å². The molecule has 0 unspecified atom stereocenters. The predicted molar refractivity (Wildman–Crippen MR) is 82.8 cm³/mol. The normalized spacial score (nSPS) is 12.3. The third-order valence-electron chi connectivity index (χ3n) is 3.88. The molecule has 0 spiro atoms. The van der Waals surface area contributed by atoms with Gasteiger partial charge in [0.05, 0.1) is 11.0 Å². The summed E-state index contributed by atoms with van der Waals surface area (Å²) in [7, 11) is 1.65. The summed E-state index contributed by atoms with van der Waals surface area (Å²) < 4.78 is 28.6. The molecular formula is C15H13F2N5O2. The van der Waals surface area contributed by atoms with Crippen LogP contribution in [0, 0.1) is 21.7 Å². The van der Waals surface area contributed by atoms with Gasteiger partial charge in [0.2, 0.25) is 5.65 Å². The van der Waals surface area contributed by atoms with Gasteiger partial charge in [-0.25, -0.2) is 18.3 Å². The topological polar surface area (TPSA) is 76.6 Å². The molecule has 0 aliphatic carbocycles. The van der Waals surface area contributed by atoms with E-state index in [0.717, 1.165) is 24.4 Å². The minimum Gasteiger partial charge on any atom is -0.353 e. The fourth-order valence-corrected chi connectivity index (χ4v) is 2.41. The van der Waals surface area contributed by atoms with Crippen molar-refractivity contribution in [3.8, 4) is 0 Å². The van der Waals surface area contributed by atoms with Crippen LogP contribution >= 0.6 is 0 Å². The van der Waals surface area contributed by atoms with Crippen LogP contribution in [0.3, 0.4) is 0 Å². The molecule has 1 aromatic carbocycles. The maximum atomic E-state index is 14.0. The van der Waals surface area contributed by atoms with Crippen molar-refractivity contribution in [1.29, 1.82) is 0 Å². The van der Waals surface area contributed by atoms with E-state index in [-0.39, 0.29) is 16.9 Å². The number of nitrogens with zero attached hydrogens (tertiary/aromatic N) is 5. The standard InChI is InChI=1S/C15H13F2N5O2/c1-9(11-7-10(16)3-4-12(11)17)20(2)14-5-6-21-15(19-14)13(8-18-21)22(23)24/h3-9H,1-2H3/t9-/m1/s1. The van der Waals surface area contributed by atoms with Crippen LogP contribution in [0.15, 0.2) is 36.7 Å². The highest BCUT2D eigenvalue weighted by atomic mass is 19.1. The summed E-state index contributed by atoms with van der Waals surface area (Å²) in [5.41, 5.74) is 0.0216. The molecule has 0 aliphatic rings. The Hall–Kier alpha value is -3.10. The second kappa shape index (κ2) is 5.84. The molecule has 0 fully saturated rings. The predicted octanol–water partition coefficient (Wildman–Crippen LogP) is 3.11. The van der Waals surface area contributed by atoms with E-state index in [1.807, 2.05) is 0 Å². The lowest BCUT2D eigenvalue weighted by Crippen LogP contribution is -2.24. The Labute approximate surface area is 135 Å². The zero-order valence-electron chi connectivity index (χ0n) is 12.8. The van der Waals surface area contributed by atoms with Gasteiger partial charge in [0.1, 0.15) is 23.6 Å². The Bertz CT molecular complexity index is 927. The van der Waals surface area contributed by atoms with E-state index >= 15 is 0 Å². The van der Waals surface area contributed by atoms with Gasteiger partial charge in [-0.15, -0.1) is 0 Å². The second-order valence-electron chi connectivity index (χ2n) is 5.29. The molecule has 1 atom stereocenters.